The normalized spacial score (nSPS) is 43.9. The molecule has 2 fully saturated rings. The number of rotatable bonds is 2. The summed E-state index contributed by atoms with van der Waals surface area (Å²) in [5.74, 6) is 0.652. The molecule has 0 radical (unpaired) electrons. The van der Waals surface area contributed by atoms with E-state index in [2.05, 4.69) is 6.08 Å². The van der Waals surface area contributed by atoms with Crippen LogP contribution < -0.4 is 0 Å². The Morgan fingerprint density at radius 3 is 3.20 bits per heavy atom. The maximum atomic E-state index is 11.2. The van der Waals surface area contributed by atoms with Crippen LogP contribution >= 0.6 is 0 Å². The lowest BCUT2D eigenvalue weighted by Gasteiger charge is -2.27. The van der Waals surface area contributed by atoms with Crippen LogP contribution in [0.1, 0.15) is 39.0 Å². The summed E-state index contributed by atoms with van der Waals surface area (Å²) in [6, 6.07) is 0. The summed E-state index contributed by atoms with van der Waals surface area (Å²) in [6.45, 7) is 1.90. The molecule has 0 aliphatic heterocycles. The van der Waals surface area contributed by atoms with E-state index in [0.29, 0.717) is 5.92 Å². The molecule has 82 valence electrons. The first-order valence-electron chi connectivity index (χ1n) is 6.09. The lowest BCUT2D eigenvalue weighted by molar-refractivity contribution is -0.143. The summed E-state index contributed by atoms with van der Waals surface area (Å²) in [4.78, 5) is 11.2. The second-order valence-corrected chi connectivity index (χ2v) is 5.52. The molecule has 0 aromatic carbocycles. The Morgan fingerprint density at radius 1 is 1.67 bits per heavy atom. The molecule has 3 aliphatic rings. The first-order chi connectivity index (χ1) is 7.16. The first-order valence-corrected chi connectivity index (χ1v) is 6.09. The molecule has 15 heavy (non-hydrogen) atoms. The van der Waals surface area contributed by atoms with E-state index in [1.165, 1.54) is 31.3 Å². The Morgan fingerprint density at radius 2 is 2.47 bits per heavy atom. The number of carboxylic acids is 1. The summed E-state index contributed by atoms with van der Waals surface area (Å²) in [7, 11) is 0. The van der Waals surface area contributed by atoms with E-state index < -0.39 is 5.97 Å². The molecule has 0 amide bonds. The third kappa shape index (κ3) is 1.08. The Labute approximate surface area is 90.4 Å². The lowest BCUT2D eigenvalue weighted by Crippen LogP contribution is -2.25. The summed E-state index contributed by atoms with van der Waals surface area (Å²) in [6.07, 6.45) is 8.55. The largest absolute Gasteiger partial charge is 0.481 e. The lowest BCUT2D eigenvalue weighted by atomic mass is 9.77. The first kappa shape index (κ1) is 9.44. The molecule has 0 spiro atoms. The van der Waals surface area contributed by atoms with Gasteiger partial charge in [0.25, 0.3) is 0 Å². The second kappa shape index (κ2) is 2.87. The topological polar surface area (TPSA) is 37.3 Å². The molecule has 2 heteroatoms. The van der Waals surface area contributed by atoms with Crippen LogP contribution in [0.2, 0.25) is 0 Å². The summed E-state index contributed by atoms with van der Waals surface area (Å²) >= 11 is 0. The van der Waals surface area contributed by atoms with E-state index in [-0.39, 0.29) is 11.3 Å². The fourth-order valence-corrected chi connectivity index (χ4v) is 4.10. The van der Waals surface area contributed by atoms with Gasteiger partial charge >= 0.3 is 5.97 Å². The van der Waals surface area contributed by atoms with Gasteiger partial charge in [-0.3, -0.25) is 4.79 Å². The summed E-state index contributed by atoms with van der Waals surface area (Å²) < 4.78 is 0. The Hall–Kier alpha value is -0.790. The molecule has 0 aromatic rings. The van der Waals surface area contributed by atoms with Crippen molar-refractivity contribution < 1.29 is 9.90 Å². The van der Waals surface area contributed by atoms with E-state index in [9.17, 15) is 9.90 Å². The maximum absolute atomic E-state index is 11.2. The second-order valence-electron chi connectivity index (χ2n) is 5.52. The summed E-state index contributed by atoms with van der Waals surface area (Å²) in [5, 5.41) is 9.20. The number of aliphatic carboxylic acids is 1. The van der Waals surface area contributed by atoms with Gasteiger partial charge in [-0.25, -0.2) is 0 Å². The SMILES string of the molecule is CC(C(=O)O)C12CC1CC1CCCC=C12. The van der Waals surface area contributed by atoms with E-state index in [4.69, 9.17) is 0 Å². The van der Waals surface area contributed by atoms with Crippen molar-refractivity contribution in [2.75, 3.05) is 0 Å². The highest BCUT2D eigenvalue weighted by Gasteiger charge is 2.66. The number of carbonyl (C=O) groups is 1. The Balaban J connectivity index is 1.95. The zero-order valence-electron chi connectivity index (χ0n) is 9.20. The van der Waals surface area contributed by atoms with Crippen molar-refractivity contribution in [1.82, 2.24) is 0 Å². The predicted molar refractivity (Wildman–Crippen MR) is 57.4 cm³/mol. The van der Waals surface area contributed by atoms with Crippen molar-refractivity contribution in [2.45, 2.75) is 39.0 Å². The zero-order chi connectivity index (χ0) is 10.6. The molecule has 2 saturated carbocycles. The van der Waals surface area contributed by atoms with Gasteiger partial charge in [-0.15, -0.1) is 0 Å². The molecule has 3 aliphatic carbocycles. The third-order valence-corrected chi connectivity index (χ3v) is 4.96. The van der Waals surface area contributed by atoms with E-state index in [1.807, 2.05) is 6.92 Å². The minimum absolute atomic E-state index is 0.0942. The van der Waals surface area contributed by atoms with Gasteiger partial charge in [0.05, 0.1) is 5.92 Å². The third-order valence-electron chi connectivity index (χ3n) is 4.96. The van der Waals surface area contributed by atoms with Crippen molar-refractivity contribution in [1.29, 1.82) is 0 Å². The number of allylic oxidation sites excluding steroid dienone is 2. The van der Waals surface area contributed by atoms with Crippen molar-refractivity contribution in [3.63, 3.8) is 0 Å². The fraction of sp³-hybridized carbons (Fsp3) is 0.769. The van der Waals surface area contributed by atoms with Gasteiger partial charge in [-0.05, 0) is 43.9 Å². The molecule has 0 heterocycles. The number of hydrogen-bond acceptors (Lipinski definition) is 1. The van der Waals surface area contributed by atoms with E-state index in [0.717, 1.165) is 12.3 Å². The minimum Gasteiger partial charge on any atom is -0.481 e. The predicted octanol–water partition coefficient (Wildman–Crippen LogP) is 2.84. The number of carboxylic acid groups (broad SMARTS) is 1. The van der Waals surface area contributed by atoms with Crippen LogP contribution in [0.4, 0.5) is 0 Å². The molecule has 0 aromatic heterocycles. The van der Waals surface area contributed by atoms with Crippen molar-refractivity contribution >= 4 is 5.97 Å². The fourth-order valence-electron chi connectivity index (χ4n) is 4.10. The van der Waals surface area contributed by atoms with Crippen LogP contribution in [-0.2, 0) is 4.79 Å². The van der Waals surface area contributed by atoms with E-state index in [1.54, 1.807) is 0 Å². The highest BCUT2D eigenvalue weighted by molar-refractivity contribution is 5.73. The quantitative estimate of drug-likeness (QED) is 0.705. The van der Waals surface area contributed by atoms with Crippen LogP contribution in [0.3, 0.4) is 0 Å². The van der Waals surface area contributed by atoms with Crippen molar-refractivity contribution in [3.05, 3.63) is 11.6 Å². The maximum Gasteiger partial charge on any atom is 0.307 e. The van der Waals surface area contributed by atoms with Crippen LogP contribution in [0.15, 0.2) is 11.6 Å². The van der Waals surface area contributed by atoms with Gasteiger partial charge < -0.3 is 5.11 Å². The number of fused-ring (bicyclic) bond motifs is 3. The van der Waals surface area contributed by atoms with Crippen LogP contribution in [0.25, 0.3) is 0 Å². The molecule has 4 atom stereocenters. The molecule has 0 bridgehead atoms. The smallest absolute Gasteiger partial charge is 0.307 e. The van der Waals surface area contributed by atoms with Crippen molar-refractivity contribution in [3.8, 4) is 0 Å². The monoisotopic (exact) mass is 206 g/mol. The van der Waals surface area contributed by atoms with Gasteiger partial charge in [0.2, 0.25) is 0 Å². The number of hydrogen-bond donors (Lipinski definition) is 1. The summed E-state index contributed by atoms with van der Waals surface area (Å²) in [5.41, 5.74) is 1.62. The average Bonchev–Trinajstić information content (AvgIpc) is 2.86. The molecule has 0 saturated heterocycles. The highest BCUT2D eigenvalue weighted by Crippen LogP contribution is 2.73. The Bertz CT molecular complexity index is 344. The zero-order valence-corrected chi connectivity index (χ0v) is 9.20. The van der Waals surface area contributed by atoms with Gasteiger partial charge in [-0.2, -0.15) is 0 Å². The van der Waals surface area contributed by atoms with Crippen molar-refractivity contribution in [2.24, 2.45) is 23.2 Å². The molecule has 3 rings (SSSR count). The highest BCUT2D eigenvalue weighted by atomic mass is 16.4. The molecular weight excluding hydrogens is 188 g/mol. The van der Waals surface area contributed by atoms with Gasteiger partial charge in [0.15, 0.2) is 0 Å². The van der Waals surface area contributed by atoms with Gasteiger partial charge in [0, 0.05) is 5.41 Å². The minimum atomic E-state index is -0.607. The van der Waals surface area contributed by atoms with Gasteiger partial charge in [-0.1, -0.05) is 18.6 Å². The van der Waals surface area contributed by atoms with Gasteiger partial charge in [0.1, 0.15) is 0 Å². The Kier molecular flexibility index (Phi) is 1.80. The van der Waals surface area contributed by atoms with Crippen LogP contribution in [0.5, 0.6) is 0 Å². The van der Waals surface area contributed by atoms with Crippen LogP contribution in [0, 0.1) is 23.2 Å². The van der Waals surface area contributed by atoms with Crippen LogP contribution in [-0.4, -0.2) is 11.1 Å². The standard InChI is InChI=1S/C13H18O2/c1-8(12(14)15)13-7-10(13)6-9-4-2-3-5-11(9)13/h5,8-10H,2-4,6-7H2,1H3,(H,14,15). The molecule has 2 nitrogen and oxygen atoms in total. The van der Waals surface area contributed by atoms with E-state index >= 15 is 0 Å². The molecular formula is C13H18O2. The average molecular weight is 206 g/mol. The molecule has 4 unspecified atom stereocenters. The molecule has 1 N–H and O–H groups in total.